The third-order valence-corrected chi connectivity index (χ3v) is 4.13. The summed E-state index contributed by atoms with van der Waals surface area (Å²) < 4.78 is 7.67. The molecule has 4 heteroatoms. The highest BCUT2D eigenvalue weighted by Gasteiger charge is 2.28. The van der Waals surface area contributed by atoms with Crippen molar-refractivity contribution >= 4 is 0 Å². The number of para-hydroxylation sites is 1. The summed E-state index contributed by atoms with van der Waals surface area (Å²) in [7, 11) is 0. The molecule has 3 rings (SSSR count). The Kier molecular flexibility index (Phi) is 4.18. The van der Waals surface area contributed by atoms with Crippen LogP contribution in [-0.4, -0.2) is 9.78 Å². The first-order chi connectivity index (χ1) is 10.7. The molecule has 22 heavy (non-hydrogen) atoms. The van der Waals surface area contributed by atoms with Crippen LogP contribution in [0, 0.1) is 6.92 Å². The Balaban J connectivity index is 1.98. The second-order valence-corrected chi connectivity index (χ2v) is 5.82. The Bertz CT molecular complexity index is 673. The molecule has 1 aliphatic rings. The monoisotopic (exact) mass is 297 g/mol. The lowest BCUT2D eigenvalue weighted by Gasteiger charge is -2.21. The summed E-state index contributed by atoms with van der Waals surface area (Å²) in [5.74, 6) is 1.55. The number of unbranched alkanes of at least 4 members (excludes halogenated alkanes) is 2. The first-order valence-electron chi connectivity index (χ1n) is 8.00. The second kappa shape index (κ2) is 6.26. The molecular weight excluding hydrogens is 274 g/mol. The van der Waals surface area contributed by atoms with E-state index in [2.05, 4.69) is 12.0 Å². The third-order valence-electron chi connectivity index (χ3n) is 4.13. The normalized spacial score (nSPS) is 16.8. The first kappa shape index (κ1) is 14.7. The van der Waals surface area contributed by atoms with Crippen molar-refractivity contribution in [3.8, 4) is 11.6 Å². The number of ether oxygens (including phenoxy) is 1. The van der Waals surface area contributed by atoms with Gasteiger partial charge in [-0.2, -0.15) is 5.10 Å². The van der Waals surface area contributed by atoms with E-state index in [0.717, 1.165) is 23.7 Å². The van der Waals surface area contributed by atoms with Gasteiger partial charge in [0.1, 0.15) is 0 Å². The van der Waals surface area contributed by atoms with Gasteiger partial charge in [-0.1, -0.05) is 44.4 Å². The number of nitrogens with two attached hydrogens (primary N) is 1. The van der Waals surface area contributed by atoms with E-state index >= 15 is 0 Å². The van der Waals surface area contributed by atoms with Crippen molar-refractivity contribution in [1.29, 1.82) is 0 Å². The van der Waals surface area contributed by atoms with E-state index in [4.69, 9.17) is 10.5 Å². The Hall–Kier alpha value is -2.23. The van der Waals surface area contributed by atoms with E-state index in [1.165, 1.54) is 24.8 Å². The van der Waals surface area contributed by atoms with Crippen LogP contribution in [0.4, 0.5) is 0 Å². The summed E-state index contributed by atoms with van der Waals surface area (Å²) in [6.07, 6.45) is 6.78. The largest absolute Gasteiger partial charge is 0.423 e. The number of allylic oxidation sites excluding steroid dienone is 1. The van der Waals surface area contributed by atoms with E-state index in [0.29, 0.717) is 11.8 Å². The summed E-state index contributed by atoms with van der Waals surface area (Å²) in [4.78, 5) is 0. The zero-order chi connectivity index (χ0) is 15.5. The standard InChI is InChI=1S/C18H23N3O/c1-3-4-6-9-14-12-16(19)22-18-17(14)13(2)20-21(18)15-10-7-5-8-11-15/h5,7-8,10-12,14H,3-4,6,9,19H2,1-2H3. The minimum atomic E-state index is 0.299. The zero-order valence-corrected chi connectivity index (χ0v) is 13.2. The van der Waals surface area contributed by atoms with Gasteiger partial charge >= 0.3 is 0 Å². The lowest BCUT2D eigenvalue weighted by atomic mass is 9.92. The molecule has 0 radical (unpaired) electrons. The Morgan fingerprint density at radius 1 is 1.23 bits per heavy atom. The van der Waals surface area contributed by atoms with Crippen LogP contribution in [0.15, 0.2) is 42.3 Å². The molecule has 0 bridgehead atoms. The lowest BCUT2D eigenvalue weighted by Crippen LogP contribution is -2.17. The van der Waals surface area contributed by atoms with Gasteiger partial charge in [-0.25, -0.2) is 4.68 Å². The maximum absolute atomic E-state index is 6.00. The maximum atomic E-state index is 6.00. The average molecular weight is 297 g/mol. The summed E-state index contributed by atoms with van der Waals surface area (Å²) in [6.45, 7) is 4.27. The van der Waals surface area contributed by atoms with Crippen LogP contribution in [0.25, 0.3) is 5.69 Å². The van der Waals surface area contributed by atoms with E-state index in [1.54, 1.807) is 0 Å². The number of rotatable bonds is 5. The summed E-state index contributed by atoms with van der Waals surface area (Å²) in [6, 6.07) is 10.0. The molecule has 1 unspecified atom stereocenters. The molecular formula is C18H23N3O. The van der Waals surface area contributed by atoms with Crippen molar-refractivity contribution in [3.05, 3.63) is 53.5 Å². The Labute approximate surface area is 131 Å². The number of hydrogen-bond acceptors (Lipinski definition) is 3. The first-order valence-corrected chi connectivity index (χ1v) is 8.00. The van der Waals surface area contributed by atoms with E-state index < -0.39 is 0 Å². The van der Waals surface area contributed by atoms with Crippen LogP contribution in [0.3, 0.4) is 0 Å². The maximum Gasteiger partial charge on any atom is 0.228 e. The highest BCUT2D eigenvalue weighted by atomic mass is 16.5. The van der Waals surface area contributed by atoms with Crippen molar-refractivity contribution in [1.82, 2.24) is 9.78 Å². The predicted octanol–water partition coefficient (Wildman–Crippen LogP) is 4.04. The number of fused-ring (bicyclic) bond motifs is 1. The SMILES string of the molecule is CCCCCC1C=C(N)Oc2c1c(C)nn2-c1ccccc1. The quantitative estimate of drug-likeness (QED) is 0.847. The average Bonchev–Trinajstić information content (AvgIpc) is 2.85. The minimum Gasteiger partial charge on any atom is -0.423 e. The highest BCUT2D eigenvalue weighted by Crippen LogP contribution is 2.39. The third kappa shape index (κ3) is 2.73. The molecule has 1 aromatic carbocycles. The molecule has 0 aliphatic carbocycles. The van der Waals surface area contributed by atoms with Gasteiger partial charge in [0, 0.05) is 11.5 Å². The second-order valence-electron chi connectivity index (χ2n) is 5.82. The van der Waals surface area contributed by atoms with Crippen molar-refractivity contribution in [3.63, 3.8) is 0 Å². The summed E-state index contributed by atoms with van der Waals surface area (Å²) in [5, 5.41) is 4.68. The van der Waals surface area contributed by atoms with Gasteiger partial charge in [0.15, 0.2) is 5.88 Å². The van der Waals surface area contributed by atoms with Gasteiger partial charge in [0.25, 0.3) is 0 Å². The fourth-order valence-corrected chi connectivity index (χ4v) is 3.06. The molecule has 0 saturated carbocycles. The van der Waals surface area contributed by atoms with Crippen LogP contribution in [0.5, 0.6) is 5.88 Å². The predicted molar refractivity (Wildman–Crippen MR) is 88.1 cm³/mol. The van der Waals surface area contributed by atoms with Crippen LogP contribution in [-0.2, 0) is 0 Å². The topological polar surface area (TPSA) is 53.1 Å². The van der Waals surface area contributed by atoms with Crippen molar-refractivity contribution in [2.45, 2.75) is 45.4 Å². The van der Waals surface area contributed by atoms with Gasteiger partial charge in [-0.3, -0.25) is 0 Å². The molecule has 2 N–H and O–H groups in total. The molecule has 2 aromatic rings. The summed E-state index contributed by atoms with van der Waals surface area (Å²) >= 11 is 0. The van der Waals surface area contributed by atoms with Crippen LogP contribution < -0.4 is 10.5 Å². The van der Waals surface area contributed by atoms with Crippen LogP contribution in [0.2, 0.25) is 0 Å². The molecule has 2 heterocycles. The molecule has 0 amide bonds. The molecule has 116 valence electrons. The smallest absolute Gasteiger partial charge is 0.228 e. The molecule has 1 atom stereocenters. The number of hydrogen-bond donors (Lipinski definition) is 1. The van der Waals surface area contributed by atoms with Crippen molar-refractivity contribution < 1.29 is 4.74 Å². The molecule has 0 saturated heterocycles. The van der Waals surface area contributed by atoms with Gasteiger partial charge in [-0.05, 0) is 31.6 Å². The Morgan fingerprint density at radius 3 is 2.73 bits per heavy atom. The molecule has 1 aliphatic heterocycles. The van der Waals surface area contributed by atoms with Crippen molar-refractivity contribution in [2.75, 3.05) is 0 Å². The van der Waals surface area contributed by atoms with Gasteiger partial charge in [0.05, 0.1) is 11.4 Å². The lowest BCUT2D eigenvalue weighted by molar-refractivity contribution is 0.365. The van der Waals surface area contributed by atoms with Gasteiger partial charge in [0.2, 0.25) is 5.88 Å². The Morgan fingerprint density at radius 2 is 2.00 bits per heavy atom. The number of aromatic nitrogens is 2. The van der Waals surface area contributed by atoms with E-state index in [9.17, 15) is 0 Å². The van der Waals surface area contributed by atoms with E-state index in [-0.39, 0.29) is 0 Å². The van der Waals surface area contributed by atoms with Crippen LogP contribution in [0.1, 0.15) is 49.8 Å². The van der Waals surface area contributed by atoms with Gasteiger partial charge < -0.3 is 10.5 Å². The fourth-order valence-electron chi connectivity index (χ4n) is 3.06. The molecule has 0 fully saturated rings. The summed E-state index contributed by atoms with van der Waals surface area (Å²) in [5.41, 5.74) is 9.19. The number of aryl methyl sites for hydroxylation is 1. The highest BCUT2D eigenvalue weighted by molar-refractivity contribution is 5.46. The number of nitrogens with zero attached hydrogens (tertiary/aromatic N) is 2. The van der Waals surface area contributed by atoms with Crippen LogP contribution >= 0.6 is 0 Å². The molecule has 1 aromatic heterocycles. The zero-order valence-electron chi connectivity index (χ0n) is 13.2. The van der Waals surface area contributed by atoms with Crippen molar-refractivity contribution in [2.24, 2.45) is 5.73 Å². The molecule has 4 nitrogen and oxygen atoms in total. The van der Waals surface area contributed by atoms with Gasteiger partial charge in [-0.15, -0.1) is 0 Å². The number of benzene rings is 1. The molecule has 0 spiro atoms. The fraction of sp³-hybridized carbons (Fsp3) is 0.389. The van der Waals surface area contributed by atoms with E-state index in [1.807, 2.05) is 48.0 Å². The minimum absolute atomic E-state index is 0.299.